The van der Waals surface area contributed by atoms with E-state index in [2.05, 4.69) is 29.8 Å². The molecule has 0 aromatic heterocycles. The van der Waals surface area contributed by atoms with Crippen molar-refractivity contribution in [1.82, 2.24) is 0 Å². The summed E-state index contributed by atoms with van der Waals surface area (Å²) < 4.78 is 0.917. The highest BCUT2D eigenvalue weighted by Crippen LogP contribution is 2.26. The van der Waals surface area contributed by atoms with Crippen molar-refractivity contribution in [3.8, 4) is 0 Å². The van der Waals surface area contributed by atoms with Crippen LogP contribution in [0.4, 0.5) is 5.69 Å². The second-order valence-electron chi connectivity index (χ2n) is 5.25. The average Bonchev–Trinajstić information content (AvgIpc) is 2.28. The molecule has 0 fully saturated rings. The number of carbonyl (C=O) groups excluding carboxylic acids is 1. The van der Waals surface area contributed by atoms with Gasteiger partial charge in [0.05, 0.1) is 11.3 Å². The van der Waals surface area contributed by atoms with Gasteiger partial charge >= 0.3 is 0 Å². The summed E-state index contributed by atoms with van der Waals surface area (Å²) in [5.41, 5.74) is 12.4. The average molecular weight is 314 g/mol. The summed E-state index contributed by atoms with van der Waals surface area (Å²) in [7, 11) is 1.94. The van der Waals surface area contributed by atoms with E-state index in [9.17, 15) is 4.79 Å². The Morgan fingerprint density at radius 3 is 2.56 bits per heavy atom. The maximum Gasteiger partial charge on any atom is 0.250 e. The molecular formula is C13H20BrN3O. The van der Waals surface area contributed by atoms with Crippen molar-refractivity contribution in [2.24, 2.45) is 16.9 Å². The second kappa shape index (κ2) is 5.71. The van der Waals surface area contributed by atoms with E-state index in [1.54, 1.807) is 6.07 Å². The largest absolute Gasteiger partial charge is 0.373 e. The van der Waals surface area contributed by atoms with Crippen LogP contribution in [-0.4, -0.2) is 26.0 Å². The second-order valence-corrected chi connectivity index (χ2v) is 6.17. The smallest absolute Gasteiger partial charge is 0.250 e. The number of hydrogen-bond acceptors (Lipinski definition) is 3. The van der Waals surface area contributed by atoms with Crippen LogP contribution >= 0.6 is 15.9 Å². The molecule has 5 heteroatoms. The Morgan fingerprint density at radius 1 is 1.44 bits per heavy atom. The number of carbonyl (C=O) groups is 1. The van der Waals surface area contributed by atoms with Crippen LogP contribution in [0.5, 0.6) is 0 Å². The number of halogens is 1. The molecule has 18 heavy (non-hydrogen) atoms. The first kappa shape index (κ1) is 15.0. The summed E-state index contributed by atoms with van der Waals surface area (Å²) >= 11 is 3.41. The van der Waals surface area contributed by atoms with Gasteiger partial charge < -0.3 is 16.4 Å². The third-order valence-electron chi connectivity index (χ3n) is 2.85. The Hall–Kier alpha value is -1.07. The van der Waals surface area contributed by atoms with Crippen LogP contribution in [0, 0.1) is 5.41 Å². The van der Waals surface area contributed by atoms with E-state index in [0.29, 0.717) is 12.1 Å². The maximum absolute atomic E-state index is 11.4. The third kappa shape index (κ3) is 3.71. The minimum absolute atomic E-state index is 0.0218. The normalized spacial score (nSPS) is 11.4. The van der Waals surface area contributed by atoms with Gasteiger partial charge in [-0.3, -0.25) is 4.79 Å². The molecule has 1 aromatic rings. The highest BCUT2D eigenvalue weighted by molar-refractivity contribution is 9.10. The molecule has 0 saturated carbocycles. The zero-order chi connectivity index (χ0) is 13.9. The topological polar surface area (TPSA) is 72.3 Å². The number of primary amides is 1. The van der Waals surface area contributed by atoms with E-state index < -0.39 is 5.91 Å². The molecule has 100 valence electrons. The summed E-state index contributed by atoms with van der Waals surface area (Å²) in [6, 6.07) is 5.44. The fraction of sp³-hybridized carbons (Fsp3) is 0.462. The van der Waals surface area contributed by atoms with Gasteiger partial charge in [-0.2, -0.15) is 0 Å². The number of rotatable bonds is 5. The summed E-state index contributed by atoms with van der Waals surface area (Å²) in [6.45, 7) is 5.51. The molecule has 1 aromatic carbocycles. The van der Waals surface area contributed by atoms with Gasteiger partial charge in [-0.05, 0) is 30.2 Å². The molecule has 0 aliphatic rings. The number of hydrogen-bond donors (Lipinski definition) is 2. The zero-order valence-electron chi connectivity index (χ0n) is 11.0. The van der Waals surface area contributed by atoms with Crippen molar-refractivity contribution < 1.29 is 4.79 Å². The molecule has 0 radical (unpaired) electrons. The van der Waals surface area contributed by atoms with E-state index in [-0.39, 0.29) is 5.41 Å². The van der Waals surface area contributed by atoms with Gasteiger partial charge in [0.2, 0.25) is 0 Å². The molecule has 0 saturated heterocycles. The molecule has 4 N–H and O–H groups in total. The minimum atomic E-state index is -0.421. The third-order valence-corrected chi connectivity index (χ3v) is 3.35. The predicted octanol–water partition coefficient (Wildman–Crippen LogP) is 1.97. The van der Waals surface area contributed by atoms with Crippen LogP contribution in [-0.2, 0) is 0 Å². The lowest BCUT2D eigenvalue weighted by Gasteiger charge is -2.31. The molecule has 0 bridgehead atoms. The van der Waals surface area contributed by atoms with Crippen LogP contribution < -0.4 is 16.4 Å². The Balaban J connectivity index is 3.07. The molecule has 0 aliphatic heterocycles. The summed E-state index contributed by atoms with van der Waals surface area (Å²) in [4.78, 5) is 13.4. The van der Waals surface area contributed by atoms with Crippen LogP contribution in [0.25, 0.3) is 0 Å². The lowest BCUT2D eigenvalue weighted by molar-refractivity contribution is 0.100. The summed E-state index contributed by atoms with van der Waals surface area (Å²) in [6.07, 6.45) is 0. The van der Waals surface area contributed by atoms with Gasteiger partial charge in [0.25, 0.3) is 5.91 Å². The first-order chi connectivity index (χ1) is 8.26. The molecule has 0 heterocycles. The first-order valence-corrected chi connectivity index (χ1v) is 6.57. The predicted molar refractivity (Wildman–Crippen MR) is 78.8 cm³/mol. The van der Waals surface area contributed by atoms with Gasteiger partial charge in [0, 0.05) is 18.1 Å². The molecular weight excluding hydrogens is 294 g/mol. The molecule has 0 atom stereocenters. The van der Waals surface area contributed by atoms with Crippen LogP contribution in [0.3, 0.4) is 0 Å². The molecule has 0 aliphatic carbocycles. The zero-order valence-corrected chi connectivity index (χ0v) is 12.6. The summed E-state index contributed by atoms with van der Waals surface area (Å²) in [5.74, 6) is -0.421. The molecule has 1 rings (SSSR count). The van der Waals surface area contributed by atoms with Gasteiger partial charge in [0.1, 0.15) is 0 Å². The van der Waals surface area contributed by atoms with Crippen LogP contribution in [0.1, 0.15) is 24.2 Å². The van der Waals surface area contributed by atoms with Crippen molar-refractivity contribution in [2.75, 3.05) is 25.0 Å². The highest BCUT2D eigenvalue weighted by atomic mass is 79.9. The van der Waals surface area contributed by atoms with Crippen molar-refractivity contribution in [3.63, 3.8) is 0 Å². The minimum Gasteiger partial charge on any atom is -0.373 e. The molecule has 1 amide bonds. The molecule has 0 unspecified atom stereocenters. The monoisotopic (exact) mass is 313 g/mol. The quantitative estimate of drug-likeness (QED) is 0.873. The fourth-order valence-electron chi connectivity index (χ4n) is 1.82. The molecule has 0 spiro atoms. The lowest BCUT2D eigenvalue weighted by atomic mass is 9.93. The number of anilines is 1. The van der Waals surface area contributed by atoms with Crippen molar-refractivity contribution in [1.29, 1.82) is 0 Å². The van der Waals surface area contributed by atoms with E-state index >= 15 is 0 Å². The van der Waals surface area contributed by atoms with Gasteiger partial charge in [0.15, 0.2) is 0 Å². The standard InChI is InChI=1S/C13H20BrN3O/c1-13(2,7-15)8-17(3)11-6-9(14)4-5-10(11)12(16)18/h4-6H,7-8,15H2,1-3H3,(H2,16,18). The number of nitrogens with zero attached hydrogens (tertiary/aromatic N) is 1. The lowest BCUT2D eigenvalue weighted by Crippen LogP contribution is -2.37. The highest BCUT2D eigenvalue weighted by Gasteiger charge is 2.21. The first-order valence-electron chi connectivity index (χ1n) is 5.77. The SMILES string of the molecule is CN(CC(C)(C)CN)c1cc(Br)ccc1C(N)=O. The van der Waals surface area contributed by atoms with Gasteiger partial charge in [-0.15, -0.1) is 0 Å². The summed E-state index contributed by atoms with van der Waals surface area (Å²) in [5, 5.41) is 0. The van der Waals surface area contributed by atoms with Crippen LogP contribution in [0.2, 0.25) is 0 Å². The van der Waals surface area contributed by atoms with Crippen molar-refractivity contribution in [3.05, 3.63) is 28.2 Å². The number of benzene rings is 1. The van der Waals surface area contributed by atoms with Gasteiger partial charge in [-0.25, -0.2) is 0 Å². The van der Waals surface area contributed by atoms with Gasteiger partial charge in [-0.1, -0.05) is 29.8 Å². The van der Waals surface area contributed by atoms with E-state index in [1.165, 1.54) is 0 Å². The number of amides is 1. The van der Waals surface area contributed by atoms with E-state index in [4.69, 9.17) is 11.5 Å². The van der Waals surface area contributed by atoms with Crippen LogP contribution in [0.15, 0.2) is 22.7 Å². The van der Waals surface area contributed by atoms with E-state index in [0.717, 1.165) is 16.7 Å². The van der Waals surface area contributed by atoms with Crippen molar-refractivity contribution in [2.45, 2.75) is 13.8 Å². The Kier molecular flexibility index (Phi) is 4.76. The fourth-order valence-corrected chi connectivity index (χ4v) is 2.17. The van der Waals surface area contributed by atoms with E-state index in [1.807, 2.05) is 24.1 Å². The maximum atomic E-state index is 11.4. The Labute approximate surface area is 116 Å². The Morgan fingerprint density at radius 2 is 2.06 bits per heavy atom. The molecule has 4 nitrogen and oxygen atoms in total. The Bertz CT molecular complexity index is 446. The number of nitrogens with two attached hydrogens (primary N) is 2. The van der Waals surface area contributed by atoms with Crippen molar-refractivity contribution >= 4 is 27.5 Å².